The monoisotopic (exact) mass is 295 g/mol. The fourth-order valence-corrected chi connectivity index (χ4v) is 2.15. The summed E-state index contributed by atoms with van der Waals surface area (Å²) >= 11 is 5.25. The Morgan fingerprint density at radius 3 is 3.05 bits per heavy atom. The third-order valence-electron chi connectivity index (χ3n) is 2.85. The first-order chi connectivity index (χ1) is 9.67. The number of aromatic amines is 1. The fourth-order valence-electron chi connectivity index (χ4n) is 1.87. The number of H-pyrrole nitrogens is 1. The van der Waals surface area contributed by atoms with E-state index in [0.29, 0.717) is 41.3 Å². The van der Waals surface area contributed by atoms with Crippen LogP contribution in [0.2, 0.25) is 0 Å². The lowest BCUT2D eigenvalue weighted by molar-refractivity contribution is -0.121. The van der Waals surface area contributed by atoms with E-state index < -0.39 is 0 Å². The van der Waals surface area contributed by atoms with Crippen LogP contribution in [0.25, 0.3) is 11.2 Å². The summed E-state index contributed by atoms with van der Waals surface area (Å²) in [5.41, 5.74) is 1.29. The van der Waals surface area contributed by atoms with Crippen molar-refractivity contribution < 1.29 is 9.53 Å². The van der Waals surface area contributed by atoms with Crippen LogP contribution in [-0.4, -0.2) is 39.1 Å². The second-order valence-corrected chi connectivity index (χ2v) is 4.65. The molecule has 0 aromatic carbocycles. The molecular formula is C12H17N5O2S. The molecule has 108 valence electrons. The highest BCUT2D eigenvalue weighted by molar-refractivity contribution is 7.71. The zero-order chi connectivity index (χ0) is 14.5. The number of nitrogens with zero attached hydrogens (tertiary/aromatic N) is 3. The molecule has 8 heteroatoms. The van der Waals surface area contributed by atoms with Gasteiger partial charge in [-0.15, -0.1) is 0 Å². The molecule has 0 bridgehead atoms. The van der Waals surface area contributed by atoms with Crippen LogP contribution in [0, 0.1) is 4.77 Å². The SMILES string of the molecule is CCCNC(=O)CCn1c(=S)[nH]c2c(OC)ncnc21. The first-order valence-electron chi connectivity index (χ1n) is 6.41. The summed E-state index contributed by atoms with van der Waals surface area (Å²) in [6.45, 7) is 3.17. The van der Waals surface area contributed by atoms with Crippen molar-refractivity contribution in [2.75, 3.05) is 13.7 Å². The number of carbonyl (C=O) groups excluding carboxylic acids is 1. The molecule has 2 aromatic rings. The smallest absolute Gasteiger partial charge is 0.242 e. The second-order valence-electron chi connectivity index (χ2n) is 4.26. The van der Waals surface area contributed by atoms with Crippen LogP contribution >= 0.6 is 12.2 Å². The van der Waals surface area contributed by atoms with Gasteiger partial charge in [-0.3, -0.25) is 4.79 Å². The Labute approximate surface area is 121 Å². The fraction of sp³-hybridized carbons (Fsp3) is 0.500. The Bertz CT molecular complexity index is 663. The summed E-state index contributed by atoms with van der Waals surface area (Å²) in [5, 5.41) is 2.83. The standard InChI is InChI=1S/C12H17N5O2S/c1-3-5-13-8(18)4-6-17-10-9(16-12(17)20)11(19-2)15-7-14-10/h7H,3-6H2,1-2H3,(H,13,18)(H,16,20). The van der Waals surface area contributed by atoms with E-state index in [2.05, 4.69) is 20.3 Å². The highest BCUT2D eigenvalue weighted by atomic mass is 32.1. The van der Waals surface area contributed by atoms with E-state index in [-0.39, 0.29) is 5.91 Å². The van der Waals surface area contributed by atoms with Crippen molar-refractivity contribution in [3.63, 3.8) is 0 Å². The molecule has 0 spiro atoms. The number of amides is 1. The van der Waals surface area contributed by atoms with Crippen molar-refractivity contribution in [1.82, 2.24) is 24.8 Å². The van der Waals surface area contributed by atoms with Crippen molar-refractivity contribution in [3.05, 3.63) is 11.1 Å². The highest BCUT2D eigenvalue weighted by Gasteiger charge is 2.12. The maximum Gasteiger partial charge on any atom is 0.242 e. The molecule has 0 atom stereocenters. The second kappa shape index (κ2) is 6.47. The van der Waals surface area contributed by atoms with Crippen LogP contribution in [-0.2, 0) is 11.3 Å². The van der Waals surface area contributed by atoms with Gasteiger partial charge in [-0.1, -0.05) is 6.92 Å². The first kappa shape index (κ1) is 14.4. The summed E-state index contributed by atoms with van der Waals surface area (Å²) in [7, 11) is 1.54. The molecule has 2 rings (SSSR count). The normalized spacial score (nSPS) is 10.7. The van der Waals surface area contributed by atoms with Gasteiger partial charge < -0.3 is 19.6 Å². The zero-order valence-corrected chi connectivity index (χ0v) is 12.3. The lowest BCUT2D eigenvalue weighted by atomic mass is 10.3. The van der Waals surface area contributed by atoms with Gasteiger partial charge in [-0.2, -0.15) is 4.98 Å². The van der Waals surface area contributed by atoms with Gasteiger partial charge in [-0.25, -0.2) is 4.98 Å². The molecule has 0 saturated carbocycles. The van der Waals surface area contributed by atoms with Gasteiger partial charge in [0.15, 0.2) is 10.4 Å². The summed E-state index contributed by atoms with van der Waals surface area (Å²) in [4.78, 5) is 22.9. The van der Waals surface area contributed by atoms with Crippen molar-refractivity contribution >= 4 is 29.3 Å². The van der Waals surface area contributed by atoms with Crippen molar-refractivity contribution in [3.8, 4) is 5.88 Å². The van der Waals surface area contributed by atoms with E-state index in [1.165, 1.54) is 13.4 Å². The van der Waals surface area contributed by atoms with E-state index >= 15 is 0 Å². The van der Waals surface area contributed by atoms with Gasteiger partial charge in [0.25, 0.3) is 0 Å². The van der Waals surface area contributed by atoms with Crippen LogP contribution in [0.1, 0.15) is 19.8 Å². The van der Waals surface area contributed by atoms with E-state index in [4.69, 9.17) is 17.0 Å². The van der Waals surface area contributed by atoms with Crippen molar-refractivity contribution in [2.45, 2.75) is 26.3 Å². The molecule has 0 aliphatic rings. The number of carbonyl (C=O) groups is 1. The number of ether oxygens (including phenoxy) is 1. The van der Waals surface area contributed by atoms with Crippen LogP contribution in [0.5, 0.6) is 5.88 Å². The highest BCUT2D eigenvalue weighted by Crippen LogP contribution is 2.19. The predicted molar refractivity (Wildman–Crippen MR) is 77.2 cm³/mol. The zero-order valence-electron chi connectivity index (χ0n) is 11.5. The van der Waals surface area contributed by atoms with E-state index in [9.17, 15) is 4.79 Å². The third kappa shape index (κ3) is 2.96. The number of fused-ring (bicyclic) bond motifs is 1. The Morgan fingerprint density at radius 2 is 2.35 bits per heavy atom. The van der Waals surface area contributed by atoms with Gasteiger partial charge in [0.2, 0.25) is 11.8 Å². The molecule has 2 heterocycles. The minimum absolute atomic E-state index is 0.00382. The molecule has 0 aliphatic carbocycles. The largest absolute Gasteiger partial charge is 0.479 e. The summed E-state index contributed by atoms with van der Waals surface area (Å²) in [6.07, 6.45) is 2.69. The molecule has 2 aromatic heterocycles. The average molecular weight is 295 g/mol. The lowest BCUT2D eigenvalue weighted by Gasteiger charge is -2.05. The molecule has 0 fully saturated rings. The number of rotatable bonds is 6. The minimum Gasteiger partial charge on any atom is -0.479 e. The van der Waals surface area contributed by atoms with Gasteiger partial charge in [0.05, 0.1) is 7.11 Å². The Balaban J connectivity index is 2.20. The van der Waals surface area contributed by atoms with Gasteiger partial charge >= 0.3 is 0 Å². The van der Waals surface area contributed by atoms with Gasteiger partial charge in [0, 0.05) is 19.5 Å². The number of hydrogen-bond acceptors (Lipinski definition) is 5. The number of hydrogen-bond donors (Lipinski definition) is 2. The van der Waals surface area contributed by atoms with E-state index in [1.807, 2.05) is 6.92 Å². The Kier molecular flexibility index (Phi) is 4.67. The maximum atomic E-state index is 11.6. The van der Waals surface area contributed by atoms with Gasteiger partial charge in [0.1, 0.15) is 11.8 Å². The third-order valence-corrected chi connectivity index (χ3v) is 3.18. The average Bonchev–Trinajstić information content (AvgIpc) is 2.78. The number of methoxy groups -OCH3 is 1. The molecule has 7 nitrogen and oxygen atoms in total. The predicted octanol–water partition coefficient (Wildman–Crippen LogP) is 1.41. The molecule has 1 amide bonds. The molecule has 0 saturated heterocycles. The van der Waals surface area contributed by atoms with E-state index in [0.717, 1.165) is 6.42 Å². The summed E-state index contributed by atoms with van der Waals surface area (Å²) in [6, 6.07) is 0. The lowest BCUT2D eigenvalue weighted by Crippen LogP contribution is -2.25. The molecular weight excluding hydrogens is 278 g/mol. The Hall–Kier alpha value is -1.96. The Morgan fingerprint density at radius 1 is 1.55 bits per heavy atom. The summed E-state index contributed by atoms with van der Waals surface area (Å²) in [5.74, 6) is 0.444. The van der Waals surface area contributed by atoms with Crippen molar-refractivity contribution in [2.24, 2.45) is 0 Å². The molecule has 0 aliphatic heterocycles. The number of aromatic nitrogens is 4. The summed E-state index contributed by atoms with van der Waals surface area (Å²) < 4.78 is 7.43. The van der Waals surface area contributed by atoms with Crippen LogP contribution in [0.4, 0.5) is 0 Å². The van der Waals surface area contributed by atoms with E-state index in [1.54, 1.807) is 4.57 Å². The number of aryl methyl sites for hydroxylation is 1. The van der Waals surface area contributed by atoms with Crippen LogP contribution < -0.4 is 10.1 Å². The van der Waals surface area contributed by atoms with Crippen LogP contribution in [0.3, 0.4) is 0 Å². The number of imidazole rings is 1. The minimum atomic E-state index is 0.00382. The van der Waals surface area contributed by atoms with Crippen molar-refractivity contribution in [1.29, 1.82) is 0 Å². The molecule has 2 N–H and O–H groups in total. The maximum absolute atomic E-state index is 11.6. The van der Waals surface area contributed by atoms with Gasteiger partial charge in [-0.05, 0) is 18.6 Å². The quantitative estimate of drug-likeness (QED) is 0.787. The molecule has 20 heavy (non-hydrogen) atoms. The number of nitrogens with one attached hydrogen (secondary N) is 2. The van der Waals surface area contributed by atoms with Crippen LogP contribution in [0.15, 0.2) is 6.33 Å². The molecule has 0 radical (unpaired) electrons. The first-order valence-corrected chi connectivity index (χ1v) is 6.82. The topological polar surface area (TPSA) is 84.8 Å². The molecule has 0 unspecified atom stereocenters.